The van der Waals surface area contributed by atoms with Gasteiger partial charge in [0.1, 0.15) is 5.75 Å². The molecule has 2 aromatic carbocycles. The van der Waals surface area contributed by atoms with E-state index in [1.165, 1.54) is 13.2 Å². The Morgan fingerprint density at radius 3 is 2.61 bits per heavy atom. The van der Waals surface area contributed by atoms with Crippen LogP contribution in [0.3, 0.4) is 0 Å². The van der Waals surface area contributed by atoms with Crippen molar-refractivity contribution in [2.45, 2.75) is 43.9 Å². The number of carbonyl (C=O) groups excluding carboxylic acids is 2. The van der Waals surface area contributed by atoms with Crippen molar-refractivity contribution < 1.29 is 27.5 Å². The Morgan fingerprint density at radius 1 is 1.16 bits per heavy atom. The first-order chi connectivity index (χ1) is 18.2. The highest BCUT2D eigenvalue weighted by Gasteiger charge is 2.38. The van der Waals surface area contributed by atoms with Gasteiger partial charge < -0.3 is 20.7 Å². The molecule has 2 amide bonds. The molecule has 0 aliphatic carbocycles. The molecule has 0 unspecified atom stereocenters. The van der Waals surface area contributed by atoms with E-state index in [1.54, 1.807) is 17.0 Å². The first kappa shape index (κ1) is 27.0. The largest absolute Gasteiger partial charge is 0.496 e. The molecule has 38 heavy (non-hydrogen) atoms. The third-order valence-electron chi connectivity index (χ3n) is 6.56. The van der Waals surface area contributed by atoms with Crippen LogP contribution in [0.5, 0.6) is 5.75 Å². The van der Waals surface area contributed by atoms with Crippen LogP contribution in [0, 0.1) is 0 Å². The number of hydrogen-bond donors (Lipinski definition) is 2. The van der Waals surface area contributed by atoms with E-state index in [0.717, 1.165) is 5.56 Å². The highest BCUT2D eigenvalue weighted by Crippen LogP contribution is 2.31. The lowest BCUT2D eigenvalue weighted by atomic mass is 9.85. The van der Waals surface area contributed by atoms with Gasteiger partial charge in [-0.15, -0.1) is 5.10 Å². The molecule has 3 aromatic rings. The van der Waals surface area contributed by atoms with E-state index in [1.807, 2.05) is 30.3 Å². The summed E-state index contributed by atoms with van der Waals surface area (Å²) in [6.45, 7) is 1.25. The maximum absolute atomic E-state index is 13.3. The number of benzene rings is 2. The van der Waals surface area contributed by atoms with Crippen molar-refractivity contribution in [2.24, 2.45) is 5.73 Å². The fourth-order valence-corrected chi connectivity index (χ4v) is 4.66. The minimum absolute atomic E-state index is 0.000492. The number of ether oxygens (including phenoxy) is 1. The third kappa shape index (κ3) is 6.28. The number of nitrogens with zero attached hydrogens (tertiary/aromatic N) is 5. The Hall–Kier alpha value is -4.00. The minimum atomic E-state index is -4.71. The lowest BCUT2D eigenvalue weighted by molar-refractivity contribution is -0.146. The number of rotatable bonds is 9. The molecular formula is C25H28F3N7O3. The predicted molar refractivity (Wildman–Crippen MR) is 130 cm³/mol. The van der Waals surface area contributed by atoms with E-state index < -0.39 is 17.9 Å². The van der Waals surface area contributed by atoms with Crippen molar-refractivity contribution in [3.8, 4) is 11.4 Å². The van der Waals surface area contributed by atoms with Gasteiger partial charge in [0.15, 0.2) is 0 Å². The van der Waals surface area contributed by atoms with Gasteiger partial charge in [0.2, 0.25) is 11.8 Å². The van der Waals surface area contributed by atoms with Crippen molar-refractivity contribution in [2.75, 3.05) is 20.2 Å². The van der Waals surface area contributed by atoms with E-state index in [-0.39, 0.29) is 36.4 Å². The van der Waals surface area contributed by atoms with Crippen LogP contribution in [-0.2, 0) is 22.3 Å². The Balaban J connectivity index is 1.54. The van der Waals surface area contributed by atoms with Gasteiger partial charge in [-0.25, -0.2) is 0 Å². The van der Waals surface area contributed by atoms with Gasteiger partial charge in [0.25, 0.3) is 5.82 Å². The zero-order valence-corrected chi connectivity index (χ0v) is 20.7. The van der Waals surface area contributed by atoms with Crippen LogP contribution in [0.1, 0.15) is 42.1 Å². The van der Waals surface area contributed by atoms with E-state index in [9.17, 15) is 22.8 Å². The average Bonchev–Trinajstić information content (AvgIpc) is 3.42. The topological polar surface area (TPSA) is 128 Å². The molecule has 3 N–H and O–H groups in total. The van der Waals surface area contributed by atoms with Crippen LogP contribution in [0.15, 0.2) is 48.5 Å². The summed E-state index contributed by atoms with van der Waals surface area (Å²) >= 11 is 0. The lowest BCUT2D eigenvalue weighted by Gasteiger charge is -2.39. The van der Waals surface area contributed by atoms with Crippen LogP contribution in [-0.4, -0.2) is 63.2 Å². The normalized spacial score (nSPS) is 17.8. The molecule has 0 saturated carbocycles. The lowest BCUT2D eigenvalue weighted by Crippen LogP contribution is -2.49. The predicted octanol–water partition coefficient (Wildman–Crippen LogP) is 2.43. The van der Waals surface area contributed by atoms with Gasteiger partial charge in [-0.05, 0) is 40.6 Å². The zero-order valence-electron chi connectivity index (χ0n) is 20.7. The molecular weight excluding hydrogens is 503 g/mol. The zero-order chi connectivity index (χ0) is 27.3. The second-order valence-electron chi connectivity index (χ2n) is 9.01. The highest BCUT2D eigenvalue weighted by atomic mass is 19.4. The maximum atomic E-state index is 13.3. The number of methoxy groups -OCH3 is 1. The molecule has 2 atom stereocenters. The minimum Gasteiger partial charge on any atom is -0.496 e. The summed E-state index contributed by atoms with van der Waals surface area (Å²) in [4.78, 5) is 25.6. The van der Waals surface area contributed by atoms with Gasteiger partial charge in [-0.1, -0.05) is 30.3 Å². The Labute approximate surface area is 216 Å². The van der Waals surface area contributed by atoms with Crippen molar-refractivity contribution in [1.29, 1.82) is 0 Å². The quantitative estimate of drug-likeness (QED) is 0.434. The summed E-state index contributed by atoms with van der Waals surface area (Å²) in [5, 5.41) is 13.3. The number of hydrogen-bond acceptors (Lipinski definition) is 7. The van der Waals surface area contributed by atoms with Gasteiger partial charge >= 0.3 is 6.18 Å². The summed E-state index contributed by atoms with van der Waals surface area (Å²) in [5.74, 6) is -1.42. The number of alkyl halides is 3. The van der Waals surface area contributed by atoms with Crippen molar-refractivity contribution in [1.82, 2.24) is 30.4 Å². The number of halogens is 3. The summed E-state index contributed by atoms with van der Waals surface area (Å²) in [5.41, 5.74) is 7.02. The number of carbonyl (C=O) groups is 2. The molecule has 0 bridgehead atoms. The van der Waals surface area contributed by atoms with E-state index in [2.05, 4.69) is 20.8 Å². The molecule has 1 fully saturated rings. The molecule has 0 spiro atoms. The standard InChI is InChI=1S/C25H28F3N7O3/c1-38-21-8-7-18(35-24(25(26,27)28)31-32-33-35)13-17(21)14-30-20-11-12-34(23(37)10-9-22(29)36)15-19(20)16-5-3-2-4-6-16/h2-8,13,19-20,30H,9-12,14-15H2,1H3,(H2,29,36)/t19-,20-/m0/s1. The van der Waals surface area contributed by atoms with E-state index in [0.29, 0.717) is 42.0 Å². The van der Waals surface area contributed by atoms with Crippen LogP contribution < -0.4 is 15.8 Å². The Kier molecular flexibility index (Phi) is 8.25. The molecule has 2 heterocycles. The number of primary amides is 1. The first-order valence-corrected chi connectivity index (χ1v) is 12.0. The van der Waals surface area contributed by atoms with Crippen molar-refractivity contribution >= 4 is 11.8 Å². The monoisotopic (exact) mass is 531 g/mol. The van der Waals surface area contributed by atoms with Crippen LogP contribution >= 0.6 is 0 Å². The molecule has 1 saturated heterocycles. The Morgan fingerprint density at radius 2 is 1.92 bits per heavy atom. The fourth-order valence-electron chi connectivity index (χ4n) is 4.66. The third-order valence-corrected chi connectivity index (χ3v) is 6.56. The SMILES string of the molecule is COc1ccc(-n2nnnc2C(F)(F)F)cc1CN[C@H]1CCN(C(=O)CCC(N)=O)C[C@H]1c1ccccc1. The summed E-state index contributed by atoms with van der Waals surface area (Å²) in [7, 11) is 1.49. The first-order valence-electron chi connectivity index (χ1n) is 12.0. The van der Waals surface area contributed by atoms with Gasteiger partial charge in [0.05, 0.1) is 12.8 Å². The number of likely N-dealkylation sites (tertiary alicyclic amines) is 1. The maximum Gasteiger partial charge on any atom is 0.453 e. The van der Waals surface area contributed by atoms with Crippen molar-refractivity contribution in [3.63, 3.8) is 0 Å². The molecule has 0 radical (unpaired) electrons. The highest BCUT2D eigenvalue weighted by molar-refractivity contribution is 5.83. The van der Waals surface area contributed by atoms with E-state index in [4.69, 9.17) is 10.5 Å². The van der Waals surface area contributed by atoms with Crippen LogP contribution in [0.2, 0.25) is 0 Å². The van der Waals surface area contributed by atoms with Crippen LogP contribution in [0.4, 0.5) is 13.2 Å². The molecule has 1 aliphatic rings. The van der Waals surface area contributed by atoms with Gasteiger partial charge in [0, 0.05) is 50.0 Å². The average molecular weight is 532 g/mol. The number of tetrazole rings is 1. The summed E-state index contributed by atoms with van der Waals surface area (Å²) in [6.07, 6.45) is -4.01. The van der Waals surface area contributed by atoms with Gasteiger partial charge in [-0.3, -0.25) is 9.59 Å². The summed E-state index contributed by atoms with van der Waals surface area (Å²) in [6, 6.07) is 14.3. The fraction of sp³-hybridized carbons (Fsp3) is 0.400. The second-order valence-corrected chi connectivity index (χ2v) is 9.01. The Bertz CT molecular complexity index is 1270. The molecule has 10 nitrogen and oxygen atoms in total. The molecule has 13 heteroatoms. The molecule has 4 rings (SSSR count). The number of aromatic nitrogens is 4. The van der Waals surface area contributed by atoms with E-state index >= 15 is 0 Å². The smallest absolute Gasteiger partial charge is 0.453 e. The molecule has 1 aliphatic heterocycles. The number of piperidine rings is 1. The number of nitrogens with two attached hydrogens (primary N) is 1. The summed E-state index contributed by atoms with van der Waals surface area (Å²) < 4.78 is 46.1. The molecule has 1 aromatic heterocycles. The second kappa shape index (κ2) is 11.6. The van der Waals surface area contributed by atoms with Gasteiger partial charge in [-0.2, -0.15) is 17.9 Å². The number of nitrogens with one attached hydrogen (secondary N) is 1. The van der Waals surface area contributed by atoms with Crippen molar-refractivity contribution in [3.05, 3.63) is 65.5 Å². The number of amides is 2. The molecule has 202 valence electrons. The van der Waals surface area contributed by atoms with Crippen LogP contribution in [0.25, 0.3) is 5.69 Å².